The van der Waals surface area contributed by atoms with Crippen LogP contribution in [0.1, 0.15) is 71.6 Å². The quantitative estimate of drug-likeness (QED) is 0.274. The van der Waals surface area contributed by atoms with Gasteiger partial charge in [0.15, 0.2) is 11.7 Å². The molecule has 0 heterocycles. The van der Waals surface area contributed by atoms with Gasteiger partial charge in [0, 0.05) is 19.4 Å². The van der Waals surface area contributed by atoms with Gasteiger partial charge in [-0.2, -0.15) is 0 Å². The van der Waals surface area contributed by atoms with Gasteiger partial charge in [-0.15, -0.1) is 0 Å². The zero-order chi connectivity index (χ0) is 16.8. The van der Waals surface area contributed by atoms with E-state index in [-0.39, 0.29) is 17.6 Å². The van der Waals surface area contributed by atoms with Gasteiger partial charge in [-0.25, -0.2) is 0 Å². The van der Waals surface area contributed by atoms with Crippen LogP contribution < -0.4 is 16.8 Å². The maximum absolute atomic E-state index is 11.9. The third kappa shape index (κ3) is 11.1. The molecule has 22 heavy (non-hydrogen) atoms. The number of amides is 1. The molecule has 0 aromatic heterocycles. The van der Waals surface area contributed by atoms with E-state index in [1.54, 1.807) is 0 Å². The fraction of sp³-hybridized carbons (Fsp3) is 0.812. The lowest BCUT2D eigenvalue weighted by molar-refractivity contribution is -0.127. The summed E-state index contributed by atoms with van der Waals surface area (Å²) in [6, 6.07) is -0.414. The van der Waals surface area contributed by atoms with Crippen molar-refractivity contribution in [2.75, 3.05) is 6.54 Å². The number of Topliss-reactive ketones (excluding diaryl/α,β-unsaturated/α-hetero) is 1. The number of carbonyl (C=O) groups is 2. The summed E-state index contributed by atoms with van der Waals surface area (Å²) in [5.74, 6) is 0.0728. The molecule has 128 valence electrons. The number of guanidine groups is 1. The molecule has 0 aromatic rings. The first-order valence-electron chi connectivity index (χ1n) is 8.38. The number of aliphatic imine (C=N–C) groups is 1. The van der Waals surface area contributed by atoms with Crippen LogP contribution in [0.3, 0.4) is 0 Å². The molecule has 0 radical (unpaired) electrons. The van der Waals surface area contributed by atoms with Gasteiger partial charge in [0.1, 0.15) is 0 Å². The lowest BCUT2D eigenvalue weighted by Gasteiger charge is -2.16. The van der Waals surface area contributed by atoms with Crippen molar-refractivity contribution < 1.29 is 9.59 Å². The Bertz CT molecular complexity index is 352. The molecule has 0 saturated heterocycles. The van der Waals surface area contributed by atoms with Crippen LogP contribution in [0, 0.1) is 0 Å². The molecule has 1 unspecified atom stereocenters. The molecule has 0 aliphatic heterocycles. The zero-order valence-electron chi connectivity index (χ0n) is 14.1. The maximum atomic E-state index is 11.9. The zero-order valence-corrected chi connectivity index (χ0v) is 14.1. The second kappa shape index (κ2) is 13.1. The van der Waals surface area contributed by atoms with E-state index in [1.165, 1.54) is 19.3 Å². The van der Waals surface area contributed by atoms with Crippen molar-refractivity contribution in [1.29, 1.82) is 0 Å². The van der Waals surface area contributed by atoms with Gasteiger partial charge in [-0.05, 0) is 19.3 Å². The van der Waals surface area contributed by atoms with E-state index in [1.807, 2.05) is 6.92 Å². The minimum absolute atomic E-state index is 0.0369. The van der Waals surface area contributed by atoms with Gasteiger partial charge in [0.2, 0.25) is 5.91 Å². The van der Waals surface area contributed by atoms with Gasteiger partial charge in [0.05, 0.1) is 6.04 Å². The normalized spacial score (nSPS) is 11.7. The average molecular weight is 312 g/mol. The molecule has 0 bridgehead atoms. The topological polar surface area (TPSA) is 111 Å². The number of hydrogen-bond acceptors (Lipinski definition) is 3. The predicted molar refractivity (Wildman–Crippen MR) is 90.5 cm³/mol. The van der Waals surface area contributed by atoms with Crippen molar-refractivity contribution in [2.24, 2.45) is 16.5 Å². The molecule has 0 spiro atoms. The fourth-order valence-corrected chi connectivity index (χ4v) is 2.22. The molecule has 0 rings (SSSR count). The highest BCUT2D eigenvalue weighted by Crippen LogP contribution is 2.07. The molecular formula is C16H32N4O2. The minimum atomic E-state index is -0.414. The molecule has 5 N–H and O–H groups in total. The summed E-state index contributed by atoms with van der Waals surface area (Å²) in [5, 5.41) is 2.85. The Hall–Kier alpha value is -1.59. The van der Waals surface area contributed by atoms with E-state index in [2.05, 4.69) is 17.2 Å². The Labute approximate surface area is 134 Å². The predicted octanol–water partition coefficient (Wildman–Crippen LogP) is 1.86. The molecular weight excluding hydrogens is 280 g/mol. The highest BCUT2D eigenvalue weighted by atomic mass is 16.2. The molecule has 0 saturated carbocycles. The average Bonchev–Trinajstić information content (AvgIpc) is 2.49. The first-order chi connectivity index (χ1) is 10.5. The first-order valence-corrected chi connectivity index (χ1v) is 8.38. The minimum Gasteiger partial charge on any atom is -0.370 e. The van der Waals surface area contributed by atoms with Crippen LogP contribution in [-0.4, -0.2) is 30.2 Å². The molecule has 0 aliphatic rings. The van der Waals surface area contributed by atoms with E-state index in [0.717, 1.165) is 12.8 Å². The molecule has 0 fully saturated rings. The van der Waals surface area contributed by atoms with Crippen molar-refractivity contribution in [1.82, 2.24) is 5.32 Å². The van der Waals surface area contributed by atoms with Crippen LogP contribution in [0.15, 0.2) is 4.99 Å². The van der Waals surface area contributed by atoms with E-state index >= 15 is 0 Å². The summed E-state index contributed by atoms with van der Waals surface area (Å²) in [7, 11) is 0. The summed E-state index contributed by atoms with van der Waals surface area (Å²) in [5.41, 5.74) is 10.5. The molecule has 0 aliphatic carbocycles. The number of rotatable bonds is 13. The Morgan fingerprint density at radius 2 is 1.73 bits per heavy atom. The van der Waals surface area contributed by atoms with Crippen molar-refractivity contribution in [3.63, 3.8) is 0 Å². The van der Waals surface area contributed by atoms with Crippen LogP contribution in [-0.2, 0) is 9.59 Å². The highest BCUT2D eigenvalue weighted by Gasteiger charge is 2.18. The maximum Gasteiger partial charge on any atom is 0.220 e. The summed E-state index contributed by atoms with van der Waals surface area (Å²) in [6.07, 6.45) is 7.67. The van der Waals surface area contributed by atoms with E-state index < -0.39 is 6.04 Å². The van der Waals surface area contributed by atoms with E-state index in [4.69, 9.17) is 11.5 Å². The largest absolute Gasteiger partial charge is 0.370 e. The van der Waals surface area contributed by atoms with Gasteiger partial charge in [-0.3, -0.25) is 14.6 Å². The number of ketones is 1. The van der Waals surface area contributed by atoms with Gasteiger partial charge >= 0.3 is 0 Å². The summed E-state index contributed by atoms with van der Waals surface area (Å²) in [6.45, 7) is 4.45. The van der Waals surface area contributed by atoms with Gasteiger partial charge < -0.3 is 16.8 Å². The van der Waals surface area contributed by atoms with E-state index in [9.17, 15) is 9.59 Å². The number of hydrogen-bond donors (Lipinski definition) is 3. The van der Waals surface area contributed by atoms with Crippen LogP contribution in [0.4, 0.5) is 0 Å². The summed E-state index contributed by atoms with van der Waals surface area (Å²) >= 11 is 0. The second-order valence-electron chi connectivity index (χ2n) is 5.55. The first kappa shape index (κ1) is 20.4. The van der Waals surface area contributed by atoms with Crippen LogP contribution in [0.25, 0.3) is 0 Å². The van der Waals surface area contributed by atoms with Gasteiger partial charge in [0.25, 0.3) is 0 Å². The van der Waals surface area contributed by atoms with Crippen LogP contribution in [0.5, 0.6) is 0 Å². The second-order valence-corrected chi connectivity index (χ2v) is 5.55. The number of carbonyl (C=O) groups excluding carboxylic acids is 2. The SMILES string of the molecule is CCCCCCCC(=O)NC(CCCN=C(N)N)C(=O)CC. The summed E-state index contributed by atoms with van der Waals surface area (Å²) < 4.78 is 0. The smallest absolute Gasteiger partial charge is 0.220 e. The Kier molecular flexibility index (Phi) is 12.2. The Morgan fingerprint density at radius 3 is 2.32 bits per heavy atom. The standard InChI is InChI=1S/C16H32N4O2/c1-3-5-6-7-8-11-15(22)20-13(14(21)4-2)10-9-12-19-16(17)18/h13H,3-12H2,1-2H3,(H,20,22)(H4,17,18,19). The lowest BCUT2D eigenvalue weighted by Crippen LogP contribution is -2.40. The van der Waals surface area contributed by atoms with Crippen molar-refractivity contribution in [3.8, 4) is 0 Å². The number of nitrogens with two attached hydrogens (primary N) is 2. The number of nitrogens with one attached hydrogen (secondary N) is 1. The Morgan fingerprint density at radius 1 is 1.05 bits per heavy atom. The van der Waals surface area contributed by atoms with Crippen LogP contribution >= 0.6 is 0 Å². The molecule has 6 heteroatoms. The molecule has 1 amide bonds. The van der Waals surface area contributed by atoms with Gasteiger partial charge in [-0.1, -0.05) is 39.5 Å². The van der Waals surface area contributed by atoms with Crippen molar-refractivity contribution >= 4 is 17.6 Å². The van der Waals surface area contributed by atoms with Crippen molar-refractivity contribution in [2.45, 2.75) is 77.7 Å². The summed E-state index contributed by atoms with van der Waals surface area (Å²) in [4.78, 5) is 27.7. The number of nitrogens with zero attached hydrogens (tertiary/aromatic N) is 1. The molecule has 1 atom stereocenters. The van der Waals surface area contributed by atoms with E-state index in [0.29, 0.717) is 32.2 Å². The monoisotopic (exact) mass is 312 g/mol. The third-order valence-electron chi connectivity index (χ3n) is 3.53. The fourth-order valence-electron chi connectivity index (χ4n) is 2.22. The molecule has 0 aromatic carbocycles. The van der Waals surface area contributed by atoms with Crippen molar-refractivity contribution in [3.05, 3.63) is 0 Å². The van der Waals surface area contributed by atoms with Crippen LogP contribution in [0.2, 0.25) is 0 Å². The highest BCUT2D eigenvalue weighted by molar-refractivity contribution is 5.88. The number of unbranched alkanes of at least 4 members (excludes halogenated alkanes) is 4. The lowest BCUT2D eigenvalue weighted by atomic mass is 10.0. The molecule has 6 nitrogen and oxygen atoms in total. The third-order valence-corrected chi connectivity index (χ3v) is 3.53. The Balaban J connectivity index is 4.09.